The van der Waals surface area contributed by atoms with Crippen molar-refractivity contribution in [2.24, 2.45) is 16.2 Å². The summed E-state index contributed by atoms with van der Waals surface area (Å²) in [4.78, 5) is 15.8. The molecule has 0 aliphatic carbocycles. The smallest absolute Gasteiger partial charge is 0.285 e. The molecule has 0 aromatic heterocycles. The highest BCUT2D eigenvalue weighted by molar-refractivity contribution is 7.75. The molecule has 0 spiro atoms. The van der Waals surface area contributed by atoms with E-state index < -0.39 is 22.1 Å². The number of nitrogens with zero attached hydrogens (tertiary/aromatic N) is 2. The van der Waals surface area contributed by atoms with Gasteiger partial charge in [0.25, 0.3) is 5.91 Å². The Morgan fingerprint density at radius 1 is 1.21 bits per heavy atom. The zero-order valence-corrected chi connectivity index (χ0v) is 25.1. The normalized spacial score (nSPS) is 26.5. The molecule has 0 fully saturated rings. The molecule has 2 aliphatic rings. The largest absolute Gasteiger partial charge is 0.491 e. The van der Waals surface area contributed by atoms with Crippen molar-refractivity contribution < 1.29 is 18.5 Å². The maximum atomic E-state index is 13.5. The van der Waals surface area contributed by atoms with Gasteiger partial charge in [0.15, 0.2) is 0 Å². The molecule has 0 bridgehead atoms. The van der Waals surface area contributed by atoms with E-state index in [-0.39, 0.29) is 11.8 Å². The highest BCUT2D eigenvalue weighted by Crippen LogP contribution is 2.50. The molecule has 0 radical (unpaired) electrons. The minimum Gasteiger partial charge on any atom is -0.491 e. The second-order valence-electron chi connectivity index (χ2n) is 10.7. The summed E-state index contributed by atoms with van der Waals surface area (Å²) < 4.78 is 29.7. The van der Waals surface area contributed by atoms with Crippen LogP contribution in [0.4, 0.5) is 5.69 Å². The van der Waals surface area contributed by atoms with Crippen LogP contribution in [0, 0.1) is 11.8 Å². The third-order valence-electron chi connectivity index (χ3n) is 7.94. The van der Waals surface area contributed by atoms with Crippen LogP contribution in [-0.2, 0) is 27.4 Å². The van der Waals surface area contributed by atoms with Crippen molar-refractivity contribution in [2.75, 3.05) is 37.5 Å². The van der Waals surface area contributed by atoms with Gasteiger partial charge in [-0.05, 0) is 80.7 Å². The topological polar surface area (TPSA) is 68.2 Å². The number of carbonyl (C=O) groups excluding carboxylic acids is 1. The molecular formula is C31H41ClN2O4S. The van der Waals surface area contributed by atoms with Crippen LogP contribution in [-0.4, -0.2) is 42.7 Å². The lowest BCUT2D eigenvalue weighted by Gasteiger charge is -2.37. The number of amides is 1. The molecule has 212 valence electrons. The number of carbonyl (C=O) groups is 1. The van der Waals surface area contributed by atoms with E-state index in [0.717, 1.165) is 67.2 Å². The summed E-state index contributed by atoms with van der Waals surface area (Å²) in [6.45, 7) is 8.46. The summed E-state index contributed by atoms with van der Waals surface area (Å²) in [5.41, 5.74) is 2.48. The molecule has 2 aliphatic heterocycles. The SMILES string of the molecule is CCN1CC[C@@H](C)[C@]2(OC)/C=C/C[C@H](C)C/[SH](=O)=N\C(=O)c3ccc(OCCCCc4cccc(Cl)c4)c1c32. The van der Waals surface area contributed by atoms with Gasteiger partial charge in [-0.3, -0.25) is 9.00 Å². The van der Waals surface area contributed by atoms with E-state index in [1.807, 2.05) is 31.2 Å². The van der Waals surface area contributed by atoms with E-state index >= 15 is 0 Å². The maximum Gasteiger partial charge on any atom is 0.285 e. The van der Waals surface area contributed by atoms with E-state index in [1.165, 1.54) is 5.56 Å². The molecule has 1 amide bonds. The Balaban J connectivity index is 1.73. The van der Waals surface area contributed by atoms with Crippen molar-refractivity contribution in [1.82, 2.24) is 0 Å². The van der Waals surface area contributed by atoms with Gasteiger partial charge in [0.2, 0.25) is 0 Å². The first-order valence-corrected chi connectivity index (χ1v) is 15.8. The number of halogens is 1. The molecule has 6 nitrogen and oxygen atoms in total. The van der Waals surface area contributed by atoms with Crippen molar-refractivity contribution >= 4 is 33.8 Å². The first kappa shape index (κ1) is 29.6. The van der Waals surface area contributed by atoms with Crippen molar-refractivity contribution in [3.63, 3.8) is 0 Å². The third kappa shape index (κ3) is 6.69. The number of allylic oxidation sites excluding steroid dienone is 1. The van der Waals surface area contributed by atoms with Crippen LogP contribution < -0.4 is 9.64 Å². The molecule has 8 heteroatoms. The number of thiol groups is 1. The van der Waals surface area contributed by atoms with Gasteiger partial charge in [-0.1, -0.05) is 49.7 Å². The summed E-state index contributed by atoms with van der Waals surface area (Å²) in [5, 5.41) is 0.756. The molecule has 2 heterocycles. The van der Waals surface area contributed by atoms with Gasteiger partial charge in [-0.15, -0.1) is 0 Å². The number of anilines is 1. The molecule has 4 atom stereocenters. The molecule has 1 unspecified atom stereocenters. The zero-order valence-electron chi connectivity index (χ0n) is 23.5. The number of benzene rings is 2. The maximum absolute atomic E-state index is 13.5. The first-order valence-electron chi connectivity index (χ1n) is 14.0. The quantitative estimate of drug-likeness (QED) is 0.213. The standard InChI is InChI=1S/C31H41ClN2O4S/c1-5-34-18-16-23(3)31(37-4)17-9-10-22(2)21-39(36)33-30(35)26-14-15-27(29(34)28(26)31)38-19-7-6-11-24-12-8-13-25(32)20-24/h8-9,12-15,17,20,22-23,39H,5-7,10-11,16,18-19,21H2,1-4H3/b17-9+/t22-,23+,31+/m0/s1. The van der Waals surface area contributed by atoms with Crippen LogP contribution in [0.2, 0.25) is 5.02 Å². The van der Waals surface area contributed by atoms with Crippen LogP contribution in [0.3, 0.4) is 0 Å². The summed E-state index contributed by atoms with van der Waals surface area (Å²) >= 11 is 6.13. The van der Waals surface area contributed by atoms with Gasteiger partial charge < -0.3 is 14.4 Å². The predicted octanol–water partition coefficient (Wildman–Crippen LogP) is 6.85. The fraction of sp³-hybridized carbons (Fsp3) is 0.516. The predicted molar refractivity (Wildman–Crippen MR) is 161 cm³/mol. The van der Waals surface area contributed by atoms with Crippen LogP contribution in [0.5, 0.6) is 5.75 Å². The molecule has 2 aromatic carbocycles. The van der Waals surface area contributed by atoms with Gasteiger partial charge in [0.1, 0.15) is 11.4 Å². The van der Waals surface area contributed by atoms with Gasteiger partial charge in [-0.2, -0.15) is 4.36 Å². The summed E-state index contributed by atoms with van der Waals surface area (Å²) in [7, 11) is -0.275. The monoisotopic (exact) mass is 572 g/mol. The van der Waals surface area contributed by atoms with E-state index in [1.54, 1.807) is 13.2 Å². The molecular weight excluding hydrogens is 532 g/mol. The Morgan fingerprint density at radius 3 is 2.77 bits per heavy atom. The van der Waals surface area contributed by atoms with Crippen molar-refractivity contribution in [3.05, 3.63) is 70.3 Å². The van der Waals surface area contributed by atoms with Crippen LogP contribution in [0.15, 0.2) is 52.9 Å². The number of ether oxygens (including phenoxy) is 2. The second kappa shape index (κ2) is 13.3. The minimum absolute atomic E-state index is 0.0957. The van der Waals surface area contributed by atoms with Crippen LogP contribution in [0.25, 0.3) is 0 Å². The van der Waals surface area contributed by atoms with Gasteiger partial charge in [0.05, 0.1) is 17.9 Å². The number of hydrogen-bond acceptors (Lipinski definition) is 5. The number of unbranched alkanes of at least 4 members (excludes halogenated alkanes) is 1. The minimum atomic E-state index is -1.99. The van der Waals surface area contributed by atoms with Gasteiger partial charge >= 0.3 is 0 Å². The second-order valence-corrected chi connectivity index (χ2v) is 12.4. The Bertz CT molecular complexity index is 1290. The highest BCUT2D eigenvalue weighted by atomic mass is 35.5. The Labute approximate surface area is 239 Å². The number of rotatable bonds is 8. The summed E-state index contributed by atoms with van der Waals surface area (Å²) in [6.07, 6.45) is 8.67. The fourth-order valence-corrected chi connectivity index (χ4v) is 7.04. The van der Waals surface area contributed by atoms with Crippen molar-refractivity contribution in [2.45, 2.75) is 58.5 Å². The number of hydrogen-bond donors (Lipinski definition) is 1. The summed E-state index contributed by atoms with van der Waals surface area (Å²) in [5.74, 6) is 0.922. The average molecular weight is 573 g/mol. The van der Waals surface area contributed by atoms with E-state index in [9.17, 15) is 9.00 Å². The van der Waals surface area contributed by atoms with Crippen molar-refractivity contribution in [3.8, 4) is 5.75 Å². The first-order chi connectivity index (χ1) is 18.8. The molecule has 0 saturated heterocycles. The fourth-order valence-electron chi connectivity index (χ4n) is 5.75. The van der Waals surface area contributed by atoms with E-state index in [0.29, 0.717) is 17.9 Å². The van der Waals surface area contributed by atoms with Crippen LogP contribution >= 0.6 is 11.6 Å². The lowest BCUT2D eigenvalue weighted by atomic mass is 9.77. The zero-order chi connectivity index (χ0) is 28.0. The van der Waals surface area contributed by atoms with E-state index in [4.69, 9.17) is 21.1 Å². The Kier molecular flexibility index (Phi) is 10.1. The molecule has 0 saturated carbocycles. The molecule has 0 N–H and O–H groups in total. The third-order valence-corrected chi connectivity index (χ3v) is 9.52. The van der Waals surface area contributed by atoms with Crippen molar-refractivity contribution in [1.29, 1.82) is 0 Å². The lowest BCUT2D eigenvalue weighted by molar-refractivity contribution is -0.0171. The number of aryl methyl sites for hydroxylation is 1. The molecule has 39 heavy (non-hydrogen) atoms. The lowest BCUT2D eigenvalue weighted by Crippen LogP contribution is -2.35. The molecule has 2 aromatic rings. The summed E-state index contributed by atoms with van der Waals surface area (Å²) in [6, 6.07) is 11.6. The van der Waals surface area contributed by atoms with Crippen LogP contribution in [0.1, 0.15) is 67.9 Å². The van der Waals surface area contributed by atoms with Gasteiger partial charge in [0, 0.05) is 47.1 Å². The highest BCUT2D eigenvalue weighted by Gasteiger charge is 2.44. The number of methoxy groups -OCH3 is 1. The van der Waals surface area contributed by atoms with Gasteiger partial charge in [-0.25, -0.2) is 0 Å². The van der Waals surface area contributed by atoms with E-state index in [2.05, 4.69) is 41.3 Å². The Hall–Kier alpha value is -2.35. The molecule has 4 rings (SSSR count). The average Bonchev–Trinajstić information content (AvgIpc) is 3.03. The Morgan fingerprint density at radius 2 is 2.03 bits per heavy atom.